The summed E-state index contributed by atoms with van der Waals surface area (Å²) in [5.74, 6) is 0. The van der Waals surface area contributed by atoms with Crippen molar-refractivity contribution in [1.29, 1.82) is 0 Å². The van der Waals surface area contributed by atoms with E-state index >= 15 is 0 Å². The van der Waals surface area contributed by atoms with Crippen LogP contribution in [0.25, 0.3) is 0 Å². The minimum atomic E-state index is 0.242. The molecule has 2 atom stereocenters. The Morgan fingerprint density at radius 2 is 1.88 bits per heavy atom. The molecule has 2 unspecified atom stereocenters. The molecule has 2 N–H and O–H groups in total. The molecule has 0 fully saturated rings. The summed E-state index contributed by atoms with van der Waals surface area (Å²) >= 11 is 1.83. The van der Waals surface area contributed by atoms with Crippen LogP contribution in [0.2, 0.25) is 0 Å². The van der Waals surface area contributed by atoms with Gasteiger partial charge in [0.1, 0.15) is 0 Å². The van der Waals surface area contributed by atoms with Crippen LogP contribution < -0.4 is 5.73 Å². The van der Waals surface area contributed by atoms with Crippen molar-refractivity contribution in [2.45, 2.75) is 52.1 Å². The Morgan fingerprint density at radius 3 is 2.29 bits per heavy atom. The van der Waals surface area contributed by atoms with Crippen molar-refractivity contribution in [3.63, 3.8) is 0 Å². The number of hydrogen-bond acceptors (Lipinski definition) is 3. The Bertz CT molecular complexity index is 278. The van der Waals surface area contributed by atoms with Gasteiger partial charge >= 0.3 is 0 Å². The molecular weight excluding hydrogens is 228 g/mol. The molecule has 0 saturated heterocycles. The second-order valence-corrected chi connectivity index (χ2v) is 5.55. The number of rotatable bonds is 8. The van der Waals surface area contributed by atoms with Crippen molar-refractivity contribution in [1.82, 2.24) is 4.90 Å². The number of nitrogens with zero attached hydrogens (tertiary/aromatic N) is 1. The fourth-order valence-electron chi connectivity index (χ4n) is 2.31. The third-order valence-corrected chi connectivity index (χ3v) is 4.07. The van der Waals surface area contributed by atoms with Crippen molar-refractivity contribution in [2.75, 3.05) is 13.1 Å². The van der Waals surface area contributed by atoms with Gasteiger partial charge in [-0.1, -0.05) is 26.8 Å². The van der Waals surface area contributed by atoms with Crippen molar-refractivity contribution < 1.29 is 0 Å². The van der Waals surface area contributed by atoms with E-state index in [1.54, 1.807) is 0 Å². The minimum absolute atomic E-state index is 0.242. The SMILES string of the molecule is CCCN(CCC)C(c1cccs1)C(N)CC. The van der Waals surface area contributed by atoms with Crippen LogP contribution >= 0.6 is 11.3 Å². The summed E-state index contributed by atoms with van der Waals surface area (Å²) < 4.78 is 0. The normalized spacial score (nSPS) is 15.1. The van der Waals surface area contributed by atoms with Crippen LogP contribution in [0.1, 0.15) is 51.0 Å². The van der Waals surface area contributed by atoms with E-state index in [0.29, 0.717) is 6.04 Å². The first-order valence-electron chi connectivity index (χ1n) is 6.77. The number of nitrogens with two attached hydrogens (primary N) is 1. The summed E-state index contributed by atoms with van der Waals surface area (Å²) in [5.41, 5.74) is 6.33. The van der Waals surface area contributed by atoms with E-state index in [1.807, 2.05) is 11.3 Å². The molecule has 1 aromatic rings. The zero-order valence-electron chi connectivity index (χ0n) is 11.4. The van der Waals surface area contributed by atoms with Gasteiger partial charge in [-0.15, -0.1) is 11.3 Å². The van der Waals surface area contributed by atoms with Gasteiger partial charge in [-0.2, -0.15) is 0 Å². The molecule has 3 heteroatoms. The van der Waals surface area contributed by atoms with E-state index in [9.17, 15) is 0 Å². The number of hydrogen-bond donors (Lipinski definition) is 1. The molecule has 98 valence electrons. The molecule has 2 nitrogen and oxygen atoms in total. The molecule has 0 spiro atoms. The second-order valence-electron chi connectivity index (χ2n) is 4.57. The number of thiophene rings is 1. The molecule has 1 rings (SSSR count). The standard InChI is InChI=1S/C14H26N2S/c1-4-9-16(10-5-2)14(12(15)6-3)13-8-7-11-17-13/h7-8,11-12,14H,4-6,9-10,15H2,1-3H3. The lowest BCUT2D eigenvalue weighted by Gasteiger charge is -2.34. The van der Waals surface area contributed by atoms with Gasteiger partial charge in [0.05, 0.1) is 6.04 Å². The lowest BCUT2D eigenvalue weighted by Crippen LogP contribution is -2.41. The Balaban J connectivity index is 2.86. The third kappa shape index (κ3) is 4.09. The van der Waals surface area contributed by atoms with Crippen LogP contribution in [0, 0.1) is 0 Å². The van der Waals surface area contributed by atoms with Gasteiger partial charge in [-0.25, -0.2) is 0 Å². The molecule has 0 amide bonds. The van der Waals surface area contributed by atoms with E-state index in [2.05, 4.69) is 43.2 Å². The van der Waals surface area contributed by atoms with E-state index in [-0.39, 0.29) is 6.04 Å². The first-order chi connectivity index (χ1) is 8.24. The molecule has 0 aliphatic heterocycles. The molecule has 1 heterocycles. The van der Waals surface area contributed by atoms with Crippen LogP contribution in [-0.2, 0) is 0 Å². The van der Waals surface area contributed by atoms with Crippen molar-refractivity contribution >= 4 is 11.3 Å². The molecule has 0 aliphatic rings. The van der Waals surface area contributed by atoms with E-state index in [0.717, 1.165) is 19.5 Å². The fraction of sp³-hybridized carbons (Fsp3) is 0.714. The van der Waals surface area contributed by atoms with Crippen molar-refractivity contribution in [3.05, 3.63) is 22.4 Å². The predicted octanol–water partition coefficient (Wildman–Crippen LogP) is 3.65. The second kappa shape index (κ2) is 7.85. The van der Waals surface area contributed by atoms with Crippen molar-refractivity contribution in [2.24, 2.45) is 5.73 Å². The average Bonchev–Trinajstić information content (AvgIpc) is 2.83. The summed E-state index contributed by atoms with van der Waals surface area (Å²) in [6.45, 7) is 8.95. The highest BCUT2D eigenvalue weighted by molar-refractivity contribution is 7.10. The van der Waals surface area contributed by atoms with Gasteiger partial charge in [-0.05, 0) is 43.8 Å². The van der Waals surface area contributed by atoms with E-state index in [1.165, 1.54) is 17.7 Å². The summed E-state index contributed by atoms with van der Waals surface area (Å²) in [6, 6.07) is 5.00. The van der Waals surface area contributed by atoms with Crippen LogP contribution in [0.4, 0.5) is 0 Å². The Hall–Kier alpha value is -0.380. The topological polar surface area (TPSA) is 29.3 Å². The summed E-state index contributed by atoms with van der Waals surface area (Å²) in [5, 5.41) is 2.15. The average molecular weight is 254 g/mol. The van der Waals surface area contributed by atoms with Gasteiger partial charge < -0.3 is 5.73 Å². The molecule has 0 aromatic carbocycles. The lowest BCUT2D eigenvalue weighted by molar-refractivity contribution is 0.172. The maximum atomic E-state index is 6.33. The van der Waals surface area contributed by atoms with Crippen molar-refractivity contribution in [3.8, 4) is 0 Å². The molecule has 0 bridgehead atoms. The Kier molecular flexibility index (Phi) is 6.78. The Morgan fingerprint density at radius 1 is 1.24 bits per heavy atom. The monoisotopic (exact) mass is 254 g/mol. The van der Waals surface area contributed by atoms with Gasteiger partial charge in [0.15, 0.2) is 0 Å². The van der Waals surface area contributed by atoms with Crippen LogP contribution in [0.3, 0.4) is 0 Å². The summed E-state index contributed by atoms with van der Waals surface area (Å²) in [7, 11) is 0. The minimum Gasteiger partial charge on any atom is -0.326 e. The largest absolute Gasteiger partial charge is 0.326 e. The molecule has 1 aromatic heterocycles. The highest BCUT2D eigenvalue weighted by Gasteiger charge is 2.25. The quantitative estimate of drug-likeness (QED) is 0.767. The maximum absolute atomic E-state index is 6.33. The maximum Gasteiger partial charge on any atom is 0.0593 e. The highest BCUT2D eigenvalue weighted by atomic mass is 32.1. The molecule has 0 aliphatic carbocycles. The van der Waals surface area contributed by atoms with E-state index < -0.39 is 0 Å². The van der Waals surface area contributed by atoms with Crippen LogP contribution in [0.5, 0.6) is 0 Å². The van der Waals surface area contributed by atoms with Crippen LogP contribution in [-0.4, -0.2) is 24.0 Å². The Labute approximate surface area is 110 Å². The predicted molar refractivity (Wildman–Crippen MR) is 77.5 cm³/mol. The fourth-order valence-corrected chi connectivity index (χ4v) is 3.24. The molecule has 17 heavy (non-hydrogen) atoms. The highest BCUT2D eigenvalue weighted by Crippen LogP contribution is 2.29. The molecule has 0 saturated carbocycles. The third-order valence-electron chi connectivity index (χ3n) is 3.13. The van der Waals surface area contributed by atoms with Gasteiger partial charge in [0.2, 0.25) is 0 Å². The van der Waals surface area contributed by atoms with Gasteiger partial charge in [0.25, 0.3) is 0 Å². The van der Waals surface area contributed by atoms with Crippen LogP contribution in [0.15, 0.2) is 17.5 Å². The molecule has 0 radical (unpaired) electrons. The zero-order valence-corrected chi connectivity index (χ0v) is 12.2. The zero-order chi connectivity index (χ0) is 12.7. The van der Waals surface area contributed by atoms with Gasteiger partial charge in [0, 0.05) is 10.9 Å². The lowest BCUT2D eigenvalue weighted by atomic mass is 10.0. The summed E-state index contributed by atoms with van der Waals surface area (Å²) in [4.78, 5) is 3.97. The smallest absolute Gasteiger partial charge is 0.0593 e. The first kappa shape index (κ1) is 14.7. The van der Waals surface area contributed by atoms with E-state index in [4.69, 9.17) is 5.73 Å². The van der Waals surface area contributed by atoms with Gasteiger partial charge in [-0.3, -0.25) is 4.90 Å². The summed E-state index contributed by atoms with van der Waals surface area (Å²) in [6.07, 6.45) is 3.42. The molecular formula is C14H26N2S. The first-order valence-corrected chi connectivity index (χ1v) is 7.65.